The quantitative estimate of drug-likeness (QED) is 0.620. The Morgan fingerprint density at radius 3 is 2.81 bits per heavy atom. The van der Waals surface area contributed by atoms with E-state index in [1.807, 2.05) is 0 Å². The number of unbranched alkanes of at least 4 members (excludes halogenated alkanes) is 3. The molecule has 0 aromatic heterocycles. The second-order valence-electron chi connectivity index (χ2n) is 4.84. The van der Waals surface area contributed by atoms with E-state index >= 15 is 0 Å². The van der Waals surface area contributed by atoms with Crippen LogP contribution in [0.2, 0.25) is 0 Å². The van der Waals surface area contributed by atoms with Gasteiger partial charge >= 0.3 is 0 Å². The molecule has 3 heteroatoms. The molecular formula is C13H28N2O. The molecule has 0 radical (unpaired) electrons. The maximum absolute atomic E-state index is 8.69. The molecule has 16 heavy (non-hydrogen) atoms. The Hall–Kier alpha value is -0.120. The first kappa shape index (κ1) is 13.9. The van der Waals surface area contributed by atoms with Gasteiger partial charge in [0, 0.05) is 19.2 Å². The summed E-state index contributed by atoms with van der Waals surface area (Å²) in [5.41, 5.74) is 0. The van der Waals surface area contributed by atoms with E-state index in [1.165, 1.54) is 51.7 Å². The Morgan fingerprint density at radius 1 is 1.25 bits per heavy atom. The number of aliphatic hydroxyl groups is 1. The van der Waals surface area contributed by atoms with Crippen LogP contribution in [0.25, 0.3) is 0 Å². The van der Waals surface area contributed by atoms with Crippen LogP contribution in [0, 0.1) is 0 Å². The zero-order valence-electron chi connectivity index (χ0n) is 10.7. The number of likely N-dealkylation sites (tertiary alicyclic amines) is 1. The van der Waals surface area contributed by atoms with Crippen molar-refractivity contribution in [2.45, 2.75) is 51.5 Å². The summed E-state index contributed by atoms with van der Waals surface area (Å²) in [6.07, 6.45) is 7.39. The minimum atomic E-state index is 0.353. The molecule has 1 fully saturated rings. The van der Waals surface area contributed by atoms with Crippen LogP contribution in [0.15, 0.2) is 0 Å². The first-order valence-corrected chi connectivity index (χ1v) is 6.93. The van der Waals surface area contributed by atoms with Crippen molar-refractivity contribution < 1.29 is 5.11 Å². The van der Waals surface area contributed by atoms with Crippen LogP contribution in [0.3, 0.4) is 0 Å². The molecule has 0 bridgehead atoms. The van der Waals surface area contributed by atoms with Crippen LogP contribution in [-0.2, 0) is 0 Å². The van der Waals surface area contributed by atoms with E-state index in [4.69, 9.17) is 5.11 Å². The van der Waals surface area contributed by atoms with Crippen LogP contribution in [0.1, 0.15) is 45.4 Å². The van der Waals surface area contributed by atoms with E-state index < -0.39 is 0 Å². The number of hydrogen-bond acceptors (Lipinski definition) is 3. The zero-order chi connectivity index (χ0) is 11.6. The van der Waals surface area contributed by atoms with Gasteiger partial charge in [0.1, 0.15) is 0 Å². The molecule has 0 saturated carbocycles. The second-order valence-corrected chi connectivity index (χ2v) is 4.84. The van der Waals surface area contributed by atoms with Crippen molar-refractivity contribution >= 4 is 0 Å². The van der Waals surface area contributed by atoms with Crippen molar-refractivity contribution in [2.24, 2.45) is 0 Å². The number of nitrogens with zero attached hydrogens (tertiary/aromatic N) is 1. The highest BCUT2D eigenvalue weighted by atomic mass is 16.2. The van der Waals surface area contributed by atoms with Gasteiger partial charge in [0.15, 0.2) is 0 Å². The average molecular weight is 228 g/mol. The van der Waals surface area contributed by atoms with Crippen molar-refractivity contribution in [2.75, 3.05) is 32.8 Å². The predicted octanol–water partition coefficient (Wildman–Crippen LogP) is 1.61. The van der Waals surface area contributed by atoms with Crippen molar-refractivity contribution in [3.8, 4) is 0 Å². The number of piperidine rings is 1. The molecule has 3 nitrogen and oxygen atoms in total. The molecule has 1 unspecified atom stereocenters. The number of hydrogen-bond donors (Lipinski definition) is 2. The lowest BCUT2D eigenvalue weighted by Gasteiger charge is -2.33. The molecule has 1 saturated heterocycles. The number of nitrogens with one attached hydrogen (secondary N) is 1. The summed E-state index contributed by atoms with van der Waals surface area (Å²) in [7, 11) is 0. The summed E-state index contributed by atoms with van der Waals surface area (Å²) in [5.74, 6) is 0. The maximum Gasteiger partial charge on any atom is 0.0431 e. The summed E-state index contributed by atoms with van der Waals surface area (Å²) in [5, 5.41) is 12.2. The summed E-state index contributed by atoms with van der Waals surface area (Å²) in [6.45, 7) is 7.39. The lowest BCUT2D eigenvalue weighted by Crippen LogP contribution is -2.45. The van der Waals surface area contributed by atoms with Crippen LogP contribution >= 0.6 is 0 Å². The van der Waals surface area contributed by atoms with Gasteiger partial charge in [0.05, 0.1) is 0 Å². The molecule has 1 heterocycles. The Balaban J connectivity index is 2.02. The normalized spacial score (nSPS) is 22.5. The fraction of sp³-hybridized carbons (Fsp3) is 1.00. The third-order valence-corrected chi connectivity index (χ3v) is 3.38. The van der Waals surface area contributed by atoms with Crippen LogP contribution in [0.5, 0.6) is 0 Å². The fourth-order valence-corrected chi connectivity index (χ4v) is 2.51. The monoisotopic (exact) mass is 228 g/mol. The van der Waals surface area contributed by atoms with E-state index in [9.17, 15) is 0 Å². The van der Waals surface area contributed by atoms with Gasteiger partial charge in [-0.1, -0.05) is 19.8 Å². The number of likely N-dealkylation sites (N-methyl/N-ethyl adjacent to an activating group) is 1. The minimum absolute atomic E-state index is 0.353. The van der Waals surface area contributed by atoms with Crippen LogP contribution < -0.4 is 5.32 Å². The highest BCUT2D eigenvalue weighted by Gasteiger charge is 2.17. The van der Waals surface area contributed by atoms with Gasteiger partial charge in [-0.15, -0.1) is 0 Å². The first-order chi connectivity index (χ1) is 7.86. The highest BCUT2D eigenvalue weighted by molar-refractivity contribution is 4.77. The molecule has 96 valence electrons. The van der Waals surface area contributed by atoms with Gasteiger partial charge in [-0.05, 0) is 45.3 Å². The molecule has 1 atom stereocenters. The maximum atomic E-state index is 8.69. The molecule has 0 amide bonds. The molecule has 0 aromatic rings. The van der Waals surface area contributed by atoms with Gasteiger partial charge in [-0.3, -0.25) is 0 Å². The van der Waals surface area contributed by atoms with E-state index in [2.05, 4.69) is 17.1 Å². The molecule has 1 rings (SSSR count). The zero-order valence-corrected chi connectivity index (χ0v) is 10.7. The third-order valence-electron chi connectivity index (χ3n) is 3.38. The van der Waals surface area contributed by atoms with E-state index in [1.54, 1.807) is 0 Å². The van der Waals surface area contributed by atoms with Gasteiger partial charge < -0.3 is 15.3 Å². The Bertz CT molecular complexity index is 162. The molecule has 0 spiro atoms. The predicted molar refractivity (Wildman–Crippen MR) is 68.7 cm³/mol. The van der Waals surface area contributed by atoms with Crippen molar-refractivity contribution in [3.05, 3.63) is 0 Å². The number of rotatable bonds is 8. The van der Waals surface area contributed by atoms with Crippen LogP contribution in [-0.4, -0.2) is 48.8 Å². The van der Waals surface area contributed by atoms with E-state index in [-0.39, 0.29) is 0 Å². The first-order valence-electron chi connectivity index (χ1n) is 6.93. The summed E-state index contributed by atoms with van der Waals surface area (Å²) in [6, 6.07) is 0.719. The topological polar surface area (TPSA) is 35.5 Å². The summed E-state index contributed by atoms with van der Waals surface area (Å²) in [4.78, 5) is 2.59. The Kier molecular flexibility index (Phi) is 7.81. The molecule has 1 aliphatic heterocycles. The van der Waals surface area contributed by atoms with Gasteiger partial charge in [0.2, 0.25) is 0 Å². The molecule has 1 aliphatic rings. The van der Waals surface area contributed by atoms with Crippen LogP contribution in [0.4, 0.5) is 0 Å². The molecule has 2 N–H and O–H groups in total. The molecule has 0 aromatic carbocycles. The minimum Gasteiger partial charge on any atom is -0.396 e. The second kappa shape index (κ2) is 8.97. The Labute approximate surface area is 100 Å². The molecule has 0 aliphatic carbocycles. The highest BCUT2D eigenvalue weighted by Crippen LogP contribution is 2.11. The van der Waals surface area contributed by atoms with Crippen molar-refractivity contribution in [1.82, 2.24) is 10.2 Å². The summed E-state index contributed by atoms with van der Waals surface area (Å²) < 4.78 is 0. The fourth-order valence-electron chi connectivity index (χ4n) is 2.51. The summed E-state index contributed by atoms with van der Waals surface area (Å²) >= 11 is 0. The van der Waals surface area contributed by atoms with E-state index in [0.29, 0.717) is 6.61 Å². The Morgan fingerprint density at radius 2 is 2.06 bits per heavy atom. The van der Waals surface area contributed by atoms with Gasteiger partial charge in [0.25, 0.3) is 0 Å². The lowest BCUT2D eigenvalue weighted by atomic mass is 10.1. The van der Waals surface area contributed by atoms with Gasteiger partial charge in [-0.25, -0.2) is 0 Å². The lowest BCUT2D eigenvalue weighted by molar-refractivity contribution is 0.188. The van der Waals surface area contributed by atoms with E-state index in [0.717, 1.165) is 19.0 Å². The number of aliphatic hydroxyl groups excluding tert-OH is 1. The SMILES string of the molecule is CCNC1CCCN(CCCCCCO)C1. The standard InChI is InChI=1S/C13H28N2O/c1-2-14-13-8-7-10-15(12-13)9-5-3-4-6-11-16/h13-14,16H,2-12H2,1H3. The van der Waals surface area contributed by atoms with Crippen molar-refractivity contribution in [3.63, 3.8) is 0 Å². The largest absolute Gasteiger partial charge is 0.396 e. The smallest absolute Gasteiger partial charge is 0.0431 e. The average Bonchev–Trinajstić information content (AvgIpc) is 2.30. The van der Waals surface area contributed by atoms with Crippen molar-refractivity contribution in [1.29, 1.82) is 0 Å². The molecular weight excluding hydrogens is 200 g/mol. The third kappa shape index (κ3) is 5.83. The van der Waals surface area contributed by atoms with Gasteiger partial charge in [-0.2, -0.15) is 0 Å².